The number of hydrogen-bond acceptors (Lipinski definition) is 5. The molecule has 0 fully saturated rings. The predicted molar refractivity (Wildman–Crippen MR) is 127 cm³/mol. The molecule has 1 unspecified atom stereocenters. The van der Waals surface area contributed by atoms with E-state index in [2.05, 4.69) is 17.1 Å². The van der Waals surface area contributed by atoms with Crippen molar-refractivity contribution in [1.29, 1.82) is 0 Å². The Morgan fingerprint density at radius 1 is 0.909 bits per heavy atom. The molecule has 0 aliphatic carbocycles. The molecule has 0 spiro atoms. The van der Waals surface area contributed by atoms with Crippen molar-refractivity contribution in [2.75, 3.05) is 14.2 Å². The summed E-state index contributed by atoms with van der Waals surface area (Å²) in [7, 11) is 3.07. The van der Waals surface area contributed by atoms with Crippen LogP contribution in [0, 0.1) is 5.92 Å². The number of aliphatic hydroxyl groups is 1. The van der Waals surface area contributed by atoms with Crippen molar-refractivity contribution >= 4 is 5.97 Å². The van der Waals surface area contributed by atoms with Crippen LogP contribution in [0.2, 0.25) is 0 Å². The molecule has 1 aromatic heterocycles. The minimum Gasteiger partial charge on any atom is -0.481 e. The summed E-state index contributed by atoms with van der Waals surface area (Å²) in [5, 5.41) is 20.3. The van der Waals surface area contributed by atoms with Crippen LogP contribution in [0.4, 0.5) is 0 Å². The molecular formula is C27H31NO5. The second-order valence-corrected chi connectivity index (χ2v) is 8.13. The number of ether oxygens (including phenoxy) is 2. The third-order valence-electron chi connectivity index (χ3n) is 5.79. The molecule has 1 heterocycles. The molecule has 2 aromatic carbocycles. The van der Waals surface area contributed by atoms with Gasteiger partial charge in [0.15, 0.2) is 0 Å². The number of carboxylic acids is 1. The fourth-order valence-corrected chi connectivity index (χ4v) is 4.05. The molecule has 2 atom stereocenters. The number of methoxy groups -OCH3 is 2. The van der Waals surface area contributed by atoms with Crippen LogP contribution in [-0.4, -0.2) is 35.4 Å². The average Bonchev–Trinajstić information content (AvgIpc) is 2.84. The quantitative estimate of drug-likeness (QED) is 0.419. The number of nitrogens with zero attached hydrogens (tertiary/aromatic N) is 1. The van der Waals surface area contributed by atoms with E-state index in [1.54, 1.807) is 12.1 Å². The Labute approximate surface area is 194 Å². The smallest absolute Gasteiger partial charge is 0.307 e. The van der Waals surface area contributed by atoms with Crippen molar-refractivity contribution in [3.8, 4) is 11.8 Å². The molecule has 33 heavy (non-hydrogen) atoms. The van der Waals surface area contributed by atoms with Gasteiger partial charge in [-0.3, -0.25) is 4.79 Å². The summed E-state index contributed by atoms with van der Waals surface area (Å²) in [6, 6.07) is 21.4. The zero-order valence-electron chi connectivity index (χ0n) is 19.1. The fourth-order valence-electron chi connectivity index (χ4n) is 4.05. The average molecular weight is 450 g/mol. The molecule has 3 rings (SSSR count). The van der Waals surface area contributed by atoms with Gasteiger partial charge in [-0.1, -0.05) is 54.6 Å². The number of aliphatic hydroxyl groups excluding tert-OH is 1. The van der Waals surface area contributed by atoms with Gasteiger partial charge in [-0.2, -0.15) is 4.98 Å². The first-order valence-electron chi connectivity index (χ1n) is 11.1. The van der Waals surface area contributed by atoms with Gasteiger partial charge in [0.1, 0.15) is 0 Å². The van der Waals surface area contributed by atoms with E-state index in [9.17, 15) is 9.90 Å². The molecular weight excluding hydrogens is 418 g/mol. The first-order valence-corrected chi connectivity index (χ1v) is 11.1. The van der Waals surface area contributed by atoms with E-state index in [0.717, 1.165) is 30.4 Å². The lowest BCUT2D eigenvalue weighted by Crippen LogP contribution is -2.17. The maximum Gasteiger partial charge on any atom is 0.307 e. The largest absolute Gasteiger partial charge is 0.481 e. The highest BCUT2D eigenvalue weighted by Gasteiger charge is 2.25. The van der Waals surface area contributed by atoms with E-state index < -0.39 is 12.1 Å². The zero-order valence-corrected chi connectivity index (χ0v) is 19.1. The lowest BCUT2D eigenvalue weighted by molar-refractivity contribution is -0.136. The Morgan fingerprint density at radius 3 is 2.24 bits per heavy atom. The standard InChI is InChI=1S/C27H31NO5/c1-32-24-16-15-23(27(28-24)33-2)26(31)22(10-6-9-19-7-4-3-5-8-19)17-20-11-13-21(14-12-20)18-25(29)30/h3-5,7-8,11-16,22,26,31H,6,9-10,17-18H2,1-2H3,(H,29,30)/t22-,26?/m1/s1. The molecule has 3 aromatic rings. The molecule has 6 nitrogen and oxygen atoms in total. The normalized spacial score (nSPS) is 12.7. The highest BCUT2D eigenvalue weighted by atomic mass is 16.5. The van der Waals surface area contributed by atoms with E-state index in [0.29, 0.717) is 23.7 Å². The number of benzene rings is 2. The molecule has 6 heteroatoms. The molecule has 0 aliphatic heterocycles. The van der Waals surface area contributed by atoms with Gasteiger partial charge in [-0.15, -0.1) is 0 Å². The SMILES string of the molecule is COc1ccc(C(O)[C@H](CCCc2ccccc2)Cc2ccc(CC(=O)O)cc2)c(OC)n1. The maximum atomic E-state index is 11.3. The molecule has 0 radical (unpaired) electrons. The molecule has 0 amide bonds. The highest BCUT2D eigenvalue weighted by Crippen LogP contribution is 2.35. The summed E-state index contributed by atoms with van der Waals surface area (Å²) in [4.78, 5) is 15.3. The van der Waals surface area contributed by atoms with Crippen molar-refractivity contribution in [2.45, 2.75) is 38.2 Å². The first kappa shape index (κ1) is 24.3. The monoisotopic (exact) mass is 449 g/mol. The van der Waals surface area contributed by atoms with Crippen molar-refractivity contribution in [2.24, 2.45) is 5.92 Å². The summed E-state index contributed by atoms with van der Waals surface area (Å²) in [5.41, 5.74) is 3.71. The molecule has 0 saturated carbocycles. The topological polar surface area (TPSA) is 88.9 Å². The van der Waals surface area contributed by atoms with Crippen molar-refractivity contribution in [3.63, 3.8) is 0 Å². The number of carboxylic acid groups (broad SMARTS) is 1. The van der Waals surface area contributed by atoms with Gasteiger partial charge in [0, 0.05) is 11.6 Å². The van der Waals surface area contributed by atoms with E-state index in [-0.39, 0.29) is 12.3 Å². The predicted octanol–water partition coefficient (Wildman–Crippen LogP) is 4.64. The number of aromatic nitrogens is 1. The fraction of sp³-hybridized carbons (Fsp3) is 0.333. The van der Waals surface area contributed by atoms with Crippen molar-refractivity contribution in [1.82, 2.24) is 4.98 Å². The summed E-state index contributed by atoms with van der Waals surface area (Å²) in [5.74, 6) is -0.136. The molecule has 174 valence electrons. The number of hydrogen-bond donors (Lipinski definition) is 2. The van der Waals surface area contributed by atoms with Crippen LogP contribution < -0.4 is 9.47 Å². The van der Waals surface area contributed by atoms with Gasteiger partial charge >= 0.3 is 5.97 Å². The second kappa shape index (κ2) is 12.0. The van der Waals surface area contributed by atoms with E-state index in [4.69, 9.17) is 14.6 Å². The van der Waals surface area contributed by atoms with E-state index >= 15 is 0 Å². The number of aryl methyl sites for hydroxylation is 1. The molecule has 2 N–H and O–H groups in total. The minimum absolute atomic E-state index is 0.00186. The Balaban J connectivity index is 1.79. The number of pyridine rings is 1. The Hall–Kier alpha value is -3.38. The summed E-state index contributed by atoms with van der Waals surface area (Å²) < 4.78 is 10.6. The number of aliphatic carboxylic acids is 1. The second-order valence-electron chi connectivity index (χ2n) is 8.13. The van der Waals surface area contributed by atoms with Gasteiger partial charge < -0.3 is 19.7 Å². The van der Waals surface area contributed by atoms with Gasteiger partial charge in [0.05, 0.1) is 26.7 Å². The Bertz CT molecular complexity index is 1020. The van der Waals surface area contributed by atoms with Crippen LogP contribution in [0.5, 0.6) is 11.8 Å². The molecule has 0 aliphatic rings. The third-order valence-corrected chi connectivity index (χ3v) is 5.79. The van der Waals surface area contributed by atoms with Crippen LogP contribution in [-0.2, 0) is 24.1 Å². The highest BCUT2D eigenvalue weighted by molar-refractivity contribution is 5.70. The van der Waals surface area contributed by atoms with Crippen LogP contribution in [0.1, 0.15) is 41.2 Å². The zero-order chi connectivity index (χ0) is 23.6. The van der Waals surface area contributed by atoms with Crippen molar-refractivity contribution < 1.29 is 24.5 Å². The maximum absolute atomic E-state index is 11.3. The van der Waals surface area contributed by atoms with Crippen LogP contribution >= 0.6 is 0 Å². The van der Waals surface area contributed by atoms with Gasteiger partial charge in [0.2, 0.25) is 11.8 Å². The lowest BCUT2D eigenvalue weighted by atomic mass is 9.85. The van der Waals surface area contributed by atoms with Gasteiger partial charge in [-0.25, -0.2) is 0 Å². The lowest BCUT2D eigenvalue weighted by Gasteiger charge is -2.25. The van der Waals surface area contributed by atoms with Crippen LogP contribution in [0.3, 0.4) is 0 Å². The third kappa shape index (κ3) is 7.05. The van der Waals surface area contributed by atoms with Crippen LogP contribution in [0.15, 0.2) is 66.7 Å². The summed E-state index contributed by atoms with van der Waals surface area (Å²) in [6.07, 6.45) is 2.54. The van der Waals surface area contributed by atoms with E-state index in [1.165, 1.54) is 19.8 Å². The number of rotatable bonds is 12. The molecule has 0 bridgehead atoms. The van der Waals surface area contributed by atoms with Crippen molar-refractivity contribution in [3.05, 3.63) is 89.0 Å². The summed E-state index contributed by atoms with van der Waals surface area (Å²) in [6.45, 7) is 0. The Morgan fingerprint density at radius 2 is 1.61 bits per heavy atom. The number of carbonyl (C=O) groups is 1. The van der Waals surface area contributed by atoms with E-state index in [1.807, 2.05) is 42.5 Å². The van der Waals surface area contributed by atoms with Crippen LogP contribution in [0.25, 0.3) is 0 Å². The van der Waals surface area contributed by atoms with Gasteiger partial charge in [0.25, 0.3) is 0 Å². The Kier molecular flexibility index (Phi) is 8.84. The minimum atomic E-state index is -0.851. The van der Waals surface area contributed by atoms with Gasteiger partial charge in [-0.05, 0) is 54.4 Å². The molecule has 0 saturated heterocycles. The summed E-state index contributed by atoms with van der Waals surface area (Å²) >= 11 is 0. The first-order chi connectivity index (χ1) is 16.0.